The molecule has 1 fully saturated rings. The van der Waals surface area contributed by atoms with Gasteiger partial charge in [0.15, 0.2) is 0 Å². The van der Waals surface area contributed by atoms with Crippen LogP contribution < -0.4 is 5.73 Å². The number of hydrogen-bond donors (Lipinski definition) is 1. The van der Waals surface area contributed by atoms with Gasteiger partial charge in [0.25, 0.3) is 0 Å². The van der Waals surface area contributed by atoms with Gasteiger partial charge in [-0.05, 0) is 25.3 Å². The Morgan fingerprint density at radius 2 is 2.14 bits per heavy atom. The molecular weight excluding hydrogens is 284 g/mol. The van der Waals surface area contributed by atoms with Crippen molar-refractivity contribution in [1.82, 2.24) is 4.90 Å². The lowest BCUT2D eigenvalue weighted by atomic mass is 9.96. The average Bonchev–Trinajstić information content (AvgIpc) is 2.90. The molecule has 2 rings (SSSR count). The van der Waals surface area contributed by atoms with Gasteiger partial charge in [0.05, 0.1) is 23.1 Å². The zero-order valence-electron chi connectivity index (χ0n) is 12.5. The molecule has 0 bridgehead atoms. The van der Waals surface area contributed by atoms with Crippen molar-refractivity contribution >= 4 is 23.1 Å². The summed E-state index contributed by atoms with van der Waals surface area (Å²) in [6.45, 7) is 2.69. The van der Waals surface area contributed by atoms with Crippen LogP contribution in [-0.2, 0) is 16.0 Å². The molecule has 0 aliphatic carbocycles. The number of thiocarbonyl (C=S) groups is 1. The molecule has 2 N–H and O–H groups in total. The highest BCUT2D eigenvalue weighted by Crippen LogP contribution is 2.21. The Bertz CT molecular complexity index is 506. The number of hydrogen-bond acceptors (Lipinski definition) is 3. The largest absolute Gasteiger partial charge is 0.393 e. The molecule has 0 radical (unpaired) electrons. The molecular formula is C16H22N2O2S. The van der Waals surface area contributed by atoms with Gasteiger partial charge in [-0.25, -0.2) is 0 Å². The van der Waals surface area contributed by atoms with Crippen LogP contribution in [0, 0.1) is 5.92 Å². The minimum Gasteiger partial charge on any atom is -0.393 e. The van der Waals surface area contributed by atoms with E-state index in [1.54, 1.807) is 4.90 Å². The first kappa shape index (κ1) is 15.9. The molecule has 114 valence electrons. The Morgan fingerprint density at radius 1 is 1.48 bits per heavy atom. The fraction of sp³-hybridized carbons (Fsp3) is 0.500. The summed E-state index contributed by atoms with van der Waals surface area (Å²) in [6, 6.07) is 9.93. The third-order valence-corrected chi connectivity index (χ3v) is 4.39. The molecule has 5 heteroatoms. The molecule has 1 aromatic carbocycles. The van der Waals surface area contributed by atoms with E-state index in [-0.39, 0.29) is 23.0 Å². The fourth-order valence-corrected chi connectivity index (χ4v) is 2.98. The second-order valence-corrected chi connectivity index (χ2v) is 6.00. The summed E-state index contributed by atoms with van der Waals surface area (Å²) >= 11 is 5.11. The van der Waals surface area contributed by atoms with Crippen molar-refractivity contribution in [2.45, 2.75) is 31.9 Å². The SMILES string of the molecule is CC1OCCC1N(C)C(=O)C(Cc1ccccc1)C(N)=S. The summed E-state index contributed by atoms with van der Waals surface area (Å²) in [7, 11) is 1.81. The van der Waals surface area contributed by atoms with Crippen molar-refractivity contribution in [1.29, 1.82) is 0 Å². The maximum atomic E-state index is 12.7. The van der Waals surface area contributed by atoms with Crippen molar-refractivity contribution < 1.29 is 9.53 Å². The van der Waals surface area contributed by atoms with Crippen LogP contribution in [0.1, 0.15) is 18.9 Å². The van der Waals surface area contributed by atoms with Gasteiger partial charge in [-0.2, -0.15) is 0 Å². The van der Waals surface area contributed by atoms with Gasteiger partial charge in [0.2, 0.25) is 5.91 Å². The van der Waals surface area contributed by atoms with Gasteiger partial charge in [-0.15, -0.1) is 0 Å². The first-order chi connectivity index (χ1) is 10.0. The van der Waals surface area contributed by atoms with E-state index in [0.717, 1.165) is 12.0 Å². The van der Waals surface area contributed by atoms with Crippen molar-refractivity contribution in [2.75, 3.05) is 13.7 Å². The number of ether oxygens (including phenoxy) is 1. The van der Waals surface area contributed by atoms with Gasteiger partial charge < -0.3 is 15.4 Å². The third-order valence-electron chi connectivity index (χ3n) is 4.11. The molecule has 1 aliphatic heterocycles. The zero-order valence-corrected chi connectivity index (χ0v) is 13.3. The Morgan fingerprint density at radius 3 is 2.67 bits per heavy atom. The van der Waals surface area contributed by atoms with Crippen LogP contribution in [-0.4, -0.2) is 41.6 Å². The highest BCUT2D eigenvalue weighted by atomic mass is 32.1. The van der Waals surface area contributed by atoms with Crippen LogP contribution >= 0.6 is 12.2 Å². The first-order valence-corrected chi connectivity index (χ1v) is 7.63. The van der Waals surface area contributed by atoms with E-state index in [1.807, 2.05) is 44.3 Å². The Labute approximate surface area is 131 Å². The smallest absolute Gasteiger partial charge is 0.232 e. The molecule has 3 atom stereocenters. The van der Waals surface area contributed by atoms with Crippen LogP contribution in [0.25, 0.3) is 0 Å². The lowest BCUT2D eigenvalue weighted by Gasteiger charge is -2.30. The summed E-state index contributed by atoms with van der Waals surface area (Å²) in [5.41, 5.74) is 6.87. The molecule has 1 saturated heterocycles. The maximum absolute atomic E-state index is 12.7. The van der Waals surface area contributed by atoms with Gasteiger partial charge in [-0.3, -0.25) is 4.79 Å². The van der Waals surface area contributed by atoms with E-state index in [2.05, 4.69) is 0 Å². The maximum Gasteiger partial charge on any atom is 0.232 e. The molecule has 0 aromatic heterocycles. The molecule has 1 aromatic rings. The average molecular weight is 306 g/mol. The second kappa shape index (κ2) is 7.00. The fourth-order valence-electron chi connectivity index (χ4n) is 2.80. The predicted octanol–water partition coefficient (Wildman–Crippen LogP) is 1.77. The number of nitrogens with zero attached hydrogens (tertiary/aromatic N) is 1. The number of likely N-dealkylation sites (N-methyl/N-ethyl adjacent to an activating group) is 1. The Balaban J connectivity index is 2.10. The predicted molar refractivity (Wildman–Crippen MR) is 87.0 cm³/mol. The number of nitrogens with two attached hydrogens (primary N) is 1. The normalized spacial score (nSPS) is 22.8. The third kappa shape index (κ3) is 3.80. The second-order valence-electron chi connectivity index (χ2n) is 5.53. The summed E-state index contributed by atoms with van der Waals surface area (Å²) in [6.07, 6.45) is 1.46. The monoisotopic (exact) mass is 306 g/mol. The molecule has 0 spiro atoms. The number of rotatable bonds is 5. The summed E-state index contributed by atoms with van der Waals surface area (Å²) in [5.74, 6) is -0.478. The Kier molecular flexibility index (Phi) is 5.31. The minimum atomic E-state index is -0.458. The van der Waals surface area contributed by atoms with E-state index in [0.29, 0.717) is 13.0 Å². The summed E-state index contributed by atoms with van der Waals surface area (Å²) < 4.78 is 5.54. The number of benzene rings is 1. The lowest BCUT2D eigenvalue weighted by Crippen LogP contribution is -2.47. The van der Waals surface area contributed by atoms with Crippen LogP contribution in [0.15, 0.2) is 30.3 Å². The minimum absolute atomic E-state index is 0.0197. The number of amides is 1. The molecule has 1 heterocycles. The van der Waals surface area contributed by atoms with Crippen molar-refractivity contribution in [3.8, 4) is 0 Å². The molecule has 21 heavy (non-hydrogen) atoms. The van der Waals surface area contributed by atoms with Crippen LogP contribution in [0.5, 0.6) is 0 Å². The van der Waals surface area contributed by atoms with Crippen molar-refractivity contribution in [3.05, 3.63) is 35.9 Å². The van der Waals surface area contributed by atoms with Crippen LogP contribution in [0.4, 0.5) is 0 Å². The Hall–Kier alpha value is -1.46. The van der Waals surface area contributed by atoms with E-state index >= 15 is 0 Å². The summed E-state index contributed by atoms with van der Waals surface area (Å²) in [4.78, 5) is 14.7. The molecule has 1 amide bonds. The molecule has 3 unspecified atom stereocenters. The van der Waals surface area contributed by atoms with Crippen molar-refractivity contribution in [2.24, 2.45) is 11.7 Å². The van der Waals surface area contributed by atoms with Gasteiger partial charge in [-0.1, -0.05) is 42.5 Å². The summed E-state index contributed by atoms with van der Waals surface area (Å²) in [5, 5.41) is 0. The number of carbonyl (C=O) groups is 1. The molecule has 4 nitrogen and oxygen atoms in total. The van der Waals surface area contributed by atoms with E-state index in [4.69, 9.17) is 22.7 Å². The van der Waals surface area contributed by atoms with Gasteiger partial charge in [0.1, 0.15) is 0 Å². The van der Waals surface area contributed by atoms with E-state index in [9.17, 15) is 4.79 Å². The van der Waals surface area contributed by atoms with Crippen LogP contribution in [0.2, 0.25) is 0 Å². The van der Waals surface area contributed by atoms with E-state index < -0.39 is 5.92 Å². The van der Waals surface area contributed by atoms with Gasteiger partial charge >= 0.3 is 0 Å². The van der Waals surface area contributed by atoms with Crippen LogP contribution in [0.3, 0.4) is 0 Å². The van der Waals surface area contributed by atoms with Gasteiger partial charge in [0, 0.05) is 13.7 Å². The quantitative estimate of drug-likeness (QED) is 0.842. The molecule has 1 aliphatic rings. The lowest BCUT2D eigenvalue weighted by molar-refractivity contribution is -0.135. The van der Waals surface area contributed by atoms with Crippen molar-refractivity contribution in [3.63, 3.8) is 0 Å². The first-order valence-electron chi connectivity index (χ1n) is 7.22. The highest BCUT2D eigenvalue weighted by molar-refractivity contribution is 7.80. The highest BCUT2D eigenvalue weighted by Gasteiger charge is 2.34. The zero-order chi connectivity index (χ0) is 15.4. The molecule has 0 saturated carbocycles. The number of carbonyl (C=O) groups excluding carboxylic acids is 1. The van der Waals surface area contributed by atoms with E-state index in [1.165, 1.54) is 0 Å². The topological polar surface area (TPSA) is 55.6 Å². The standard InChI is InChI=1S/C16H22N2O2S/c1-11-14(8-9-20-11)18(2)16(19)13(15(17)21)10-12-6-4-3-5-7-12/h3-7,11,13-14H,8-10H2,1-2H3,(H2,17,21).